The van der Waals surface area contributed by atoms with Crippen molar-refractivity contribution in [1.82, 2.24) is 24.2 Å². The van der Waals surface area contributed by atoms with Crippen molar-refractivity contribution in [3.05, 3.63) is 60.8 Å². The van der Waals surface area contributed by atoms with Crippen LogP contribution >= 0.6 is 0 Å². The third-order valence-corrected chi connectivity index (χ3v) is 7.39. The maximum Gasteiger partial charge on any atom is 0.243 e. The van der Waals surface area contributed by atoms with Crippen LogP contribution in [-0.2, 0) is 16.6 Å². The van der Waals surface area contributed by atoms with Crippen LogP contribution in [0.3, 0.4) is 0 Å². The third-order valence-electron chi connectivity index (χ3n) is 5.48. The molecule has 0 radical (unpaired) electrons. The van der Waals surface area contributed by atoms with Crippen molar-refractivity contribution in [2.24, 2.45) is 0 Å². The van der Waals surface area contributed by atoms with E-state index in [1.807, 2.05) is 41.2 Å². The summed E-state index contributed by atoms with van der Waals surface area (Å²) < 4.78 is 34.2. The summed E-state index contributed by atoms with van der Waals surface area (Å²) in [6.07, 6.45) is 2.87. The molecular formula is C22H27N5O3S. The summed E-state index contributed by atoms with van der Waals surface area (Å²) in [5.74, 6) is 0.792. The molecule has 0 aliphatic carbocycles. The smallest absolute Gasteiger partial charge is 0.243 e. The van der Waals surface area contributed by atoms with Crippen molar-refractivity contribution >= 4 is 10.0 Å². The van der Waals surface area contributed by atoms with Gasteiger partial charge < -0.3 is 9.64 Å². The fraction of sp³-hybridized carbons (Fsp3) is 0.364. The van der Waals surface area contributed by atoms with Crippen LogP contribution in [-0.4, -0.2) is 72.5 Å². The highest BCUT2D eigenvalue weighted by atomic mass is 32.2. The van der Waals surface area contributed by atoms with Gasteiger partial charge in [-0.3, -0.25) is 4.68 Å². The van der Waals surface area contributed by atoms with E-state index in [1.54, 1.807) is 35.7 Å². The molecule has 2 heterocycles. The molecule has 2 aromatic carbocycles. The molecule has 4 rings (SSSR count). The summed E-state index contributed by atoms with van der Waals surface area (Å²) in [6.45, 7) is 4.16. The zero-order valence-electron chi connectivity index (χ0n) is 17.6. The second kappa shape index (κ2) is 9.59. The van der Waals surface area contributed by atoms with Crippen molar-refractivity contribution in [1.29, 1.82) is 0 Å². The van der Waals surface area contributed by atoms with Gasteiger partial charge in [-0.2, -0.15) is 4.31 Å². The number of ether oxygens (including phenoxy) is 1. The van der Waals surface area contributed by atoms with Crippen LogP contribution in [0.2, 0.25) is 0 Å². The number of benzene rings is 2. The number of piperazine rings is 1. The summed E-state index contributed by atoms with van der Waals surface area (Å²) in [7, 11) is -1.76. The zero-order valence-corrected chi connectivity index (χ0v) is 18.4. The topological polar surface area (TPSA) is 80.6 Å². The number of aryl methyl sites for hydroxylation is 1. The second-order valence-electron chi connectivity index (χ2n) is 7.51. The number of methoxy groups -OCH3 is 1. The Morgan fingerprint density at radius 3 is 2.48 bits per heavy atom. The maximum atomic E-state index is 12.7. The molecule has 1 saturated heterocycles. The monoisotopic (exact) mass is 441 g/mol. The van der Waals surface area contributed by atoms with Gasteiger partial charge in [0.05, 0.1) is 18.2 Å². The number of sulfonamides is 1. The molecule has 8 nitrogen and oxygen atoms in total. The average molecular weight is 442 g/mol. The van der Waals surface area contributed by atoms with Crippen molar-refractivity contribution < 1.29 is 13.2 Å². The average Bonchev–Trinajstić information content (AvgIpc) is 3.29. The van der Waals surface area contributed by atoms with Gasteiger partial charge in [-0.05, 0) is 30.7 Å². The third kappa shape index (κ3) is 5.12. The van der Waals surface area contributed by atoms with E-state index in [0.717, 1.165) is 49.6 Å². The Morgan fingerprint density at radius 1 is 0.968 bits per heavy atom. The van der Waals surface area contributed by atoms with Gasteiger partial charge in [0.15, 0.2) is 0 Å². The van der Waals surface area contributed by atoms with E-state index in [4.69, 9.17) is 4.74 Å². The molecule has 31 heavy (non-hydrogen) atoms. The van der Waals surface area contributed by atoms with Gasteiger partial charge in [0.1, 0.15) is 11.4 Å². The first kappa shape index (κ1) is 21.5. The summed E-state index contributed by atoms with van der Waals surface area (Å²) in [5, 5.41) is 8.49. The fourth-order valence-electron chi connectivity index (χ4n) is 3.71. The molecule has 164 valence electrons. The van der Waals surface area contributed by atoms with E-state index in [-0.39, 0.29) is 0 Å². The summed E-state index contributed by atoms with van der Waals surface area (Å²) >= 11 is 0. The van der Waals surface area contributed by atoms with Gasteiger partial charge in [-0.1, -0.05) is 35.5 Å². The molecule has 0 atom stereocenters. The summed E-state index contributed by atoms with van der Waals surface area (Å²) in [6, 6.07) is 16.4. The van der Waals surface area contributed by atoms with E-state index in [1.165, 1.54) is 0 Å². The number of nitrogens with zero attached hydrogens (tertiary/aromatic N) is 5. The lowest BCUT2D eigenvalue weighted by Crippen LogP contribution is -2.48. The lowest BCUT2D eigenvalue weighted by atomic mass is 10.1. The normalized spacial score (nSPS) is 15.8. The van der Waals surface area contributed by atoms with Crippen molar-refractivity contribution in [2.45, 2.75) is 17.9 Å². The molecule has 1 aromatic heterocycles. The van der Waals surface area contributed by atoms with Gasteiger partial charge in [0.25, 0.3) is 0 Å². The quantitative estimate of drug-likeness (QED) is 0.534. The summed E-state index contributed by atoms with van der Waals surface area (Å²) in [4.78, 5) is 2.66. The standard InChI is InChI=1S/C22H27N5O3S/c1-30-20-8-5-7-19(17-20)22-18-26(24-23-22)12-6-11-25-13-15-27(16-14-25)31(28,29)21-9-3-2-4-10-21/h2-5,7-10,17-18H,6,11-16H2,1H3. The Labute approximate surface area is 183 Å². The minimum Gasteiger partial charge on any atom is -0.497 e. The lowest BCUT2D eigenvalue weighted by Gasteiger charge is -2.33. The molecule has 0 N–H and O–H groups in total. The van der Waals surface area contributed by atoms with E-state index in [0.29, 0.717) is 18.0 Å². The first-order chi connectivity index (χ1) is 15.1. The number of hydrogen-bond donors (Lipinski definition) is 0. The van der Waals surface area contributed by atoms with Crippen molar-refractivity contribution in [2.75, 3.05) is 39.8 Å². The Balaban J connectivity index is 1.25. The van der Waals surface area contributed by atoms with E-state index >= 15 is 0 Å². The first-order valence-corrected chi connectivity index (χ1v) is 11.8. The summed E-state index contributed by atoms with van der Waals surface area (Å²) in [5.41, 5.74) is 1.79. The molecule has 1 aliphatic heterocycles. The molecule has 0 amide bonds. The number of hydrogen-bond acceptors (Lipinski definition) is 6. The maximum absolute atomic E-state index is 12.7. The largest absolute Gasteiger partial charge is 0.497 e. The molecular weight excluding hydrogens is 414 g/mol. The molecule has 3 aromatic rings. The van der Waals surface area contributed by atoms with Gasteiger partial charge in [-0.15, -0.1) is 5.10 Å². The predicted octanol–water partition coefficient (Wildman–Crippen LogP) is 2.35. The predicted molar refractivity (Wildman–Crippen MR) is 118 cm³/mol. The highest BCUT2D eigenvalue weighted by Crippen LogP contribution is 2.21. The lowest BCUT2D eigenvalue weighted by molar-refractivity contribution is 0.183. The number of aromatic nitrogens is 3. The van der Waals surface area contributed by atoms with Crippen molar-refractivity contribution in [3.8, 4) is 17.0 Å². The Morgan fingerprint density at radius 2 is 1.74 bits per heavy atom. The minimum absolute atomic E-state index is 0.362. The Hall–Kier alpha value is -2.75. The minimum atomic E-state index is -3.40. The Bertz CT molecular complexity index is 1090. The van der Waals surface area contributed by atoms with Crippen LogP contribution < -0.4 is 4.74 Å². The van der Waals surface area contributed by atoms with Gasteiger partial charge >= 0.3 is 0 Å². The second-order valence-corrected chi connectivity index (χ2v) is 9.45. The van der Waals surface area contributed by atoms with Crippen LogP contribution in [0.5, 0.6) is 5.75 Å². The first-order valence-electron chi connectivity index (χ1n) is 10.4. The number of rotatable bonds is 8. The van der Waals surface area contributed by atoms with Gasteiger partial charge in [-0.25, -0.2) is 8.42 Å². The highest BCUT2D eigenvalue weighted by molar-refractivity contribution is 7.89. The zero-order chi connectivity index (χ0) is 21.7. The molecule has 1 aliphatic rings. The van der Waals surface area contributed by atoms with Crippen LogP contribution in [0.4, 0.5) is 0 Å². The van der Waals surface area contributed by atoms with Gasteiger partial charge in [0, 0.05) is 44.8 Å². The Kier molecular flexibility index (Phi) is 6.64. The molecule has 0 saturated carbocycles. The van der Waals surface area contributed by atoms with E-state index in [9.17, 15) is 8.42 Å². The molecule has 0 spiro atoms. The SMILES string of the molecule is COc1cccc(-c2cn(CCCN3CCN(S(=O)(=O)c4ccccc4)CC3)nn2)c1. The molecule has 9 heteroatoms. The van der Waals surface area contributed by atoms with Crippen LogP contribution in [0.1, 0.15) is 6.42 Å². The highest BCUT2D eigenvalue weighted by Gasteiger charge is 2.28. The van der Waals surface area contributed by atoms with Crippen LogP contribution in [0.25, 0.3) is 11.3 Å². The van der Waals surface area contributed by atoms with E-state index in [2.05, 4.69) is 15.2 Å². The molecule has 0 unspecified atom stereocenters. The van der Waals surface area contributed by atoms with Gasteiger partial charge in [0.2, 0.25) is 10.0 Å². The molecule has 0 bridgehead atoms. The van der Waals surface area contributed by atoms with Crippen LogP contribution in [0, 0.1) is 0 Å². The fourth-order valence-corrected chi connectivity index (χ4v) is 5.16. The van der Waals surface area contributed by atoms with Crippen LogP contribution in [0.15, 0.2) is 65.7 Å². The molecule has 1 fully saturated rings. The van der Waals surface area contributed by atoms with E-state index < -0.39 is 10.0 Å². The van der Waals surface area contributed by atoms with Crippen molar-refractivity contribution in [3.63, 3.8) is 0 Å².